The van der Waals surface area contributed by atoms with Crippen LogP contribution in [-0.2, 0) is 52.3 Å². The van der Waals surface area contributed by atoms with Gasteiger partial charge < -0.3 is 58.5 Å². The van der Waals surface area contributed by atoms with Crippen molar-refractivity contribution in [2.45, 2.75) is 186 Å². The van der Waals surface area contributed by atoms with Crippen molar-refractivity contribution >= 4 is 17.7 Å². The highest BCUT2D eigenvalue weighted by Gasteiger charge is 2.54. The second-order valence-electron chi connectivity index (χ2n) is 17.1. The van der Waals surface area contributed by atoms with E-state index in [1.165, 1.54) is 21.1 Å². The monoisotopic (exact) mass is 801 g/mol. The Morgan fingerprint density at radius 3 is 2.12 bits per heavy atom. The predicted octanol–water partition coefficient (Wildman–Crippen LogP) is 3.22. The third kappa shape index (κ3) is 10.8. The van der Waals surface area contributed by atoms with E-state index in [1.54, 1.807) is 55.5 Å². The standard InChI is InChI=1S/C41H71NO14/c1-15-29-41(11,48)34(46)21(3)17-28(43)22(4)19-39(9,49-13)35(56-38-32(45)27(42-12)18-23(5)51-38)24(6)33(25(7)37(47)53-29)55-31-20-40(10,50-14)36(26(8)52-31)54-30(44)16-2/h16,21-27,29,31-36,38,42,45-46,48H,2,15,17-20H2,1,3-14H3/t21-,22+,23+,24-,25+,26-,27-,29+,31-,32+,33-,34+,35+,36?,38-,39+,40+,41+/m0/s1. The fourth-order valence-electron chi connectivity index (χ4n) is 8.87. The lowest BCUT2D eigenvalue weighted by atomic mass is 9.76. The van der Waals surface area contributed by atoms with E-state index in [-0.39, 0.29) is 43.6 Å². The molecule has 0 aromatic carbocycles. The second-order valence-corrected chi connectivity index (χ2v) is 17.1. The minimum atomic E-state index is -1.91. The zero-order valence-electron chi connectivity index (χ0n) is 35.8. The summed E-state index contributed by atoms with van der Waals surface area (Å²) in [4.78, 5) is 40.5. The van der Waals surface area contributed by atoms with E-state index in [0.717, 1.165) is 6.08 Å². The fraction of sp³-hybridized carbons (Fsp3) is 0.878. The first-order valence-corrected chi connectivity index (χ1v) is 20.1. The zero-order chi connectivity index (χ0) is 42.5. The molecular formula is C41H71NO14. The molecule has 0 amide bonds. The third-order valence-corrected chi connectivity index (χ3v) is 12.6. The summed E-state index contributed by atoms with van der Waals surface area (Å²) >= 11 is 0. The van der Waals surface area contributed by atoms with Gasteiger partial charge in [-0.15, -0.1) is 0 Å². The van der Waals surface area contributed by atoms with Gasteiger partial charge in [0.05, 0.1) is 42.0 Å². The van der Waals surface area contributed by atoms with E-state index >= 15 is 0 Å². The summed E-state index contributed by atoms with van der Waals surface area (Å²) in [5.41, 5.74) is -4.24. The molecule has 15 heteroatoms. The Morgan fingerprint density at radius 2 is 1.57 bits per heavy atom. The first-order valence-electron chi connectivity index (χ1n) is 20.1. The van der Waals surface area contributed by atoms with Gasteiger partial charge in [-0.05, 0) is 73.8 Å². The maximum absolute atomic E-state index is 14.3. The molecule has 3 rings (SSSR count). The van der Waals surface area contributed by atoms with Gasteiger partial charge in [-0.2, -0.15) is 0 Å². The normalized spacial score (nSPS) is 46.2. The molecule has 3 heterocycles. The van der Waals surface area contributed by atoms with Crippen LogP contribution in [0.25, 0.3) is 0 Å². The number of nitrogens with one attached hydrogen (secondary N) is 1. The Balaban J connectivity index is 2.22. The molecule has 0 saturated carbocycles. The van der Waals surface area contributed by atoms with Crippen molar-refractivity contribution in [1.29, 1.82) is 0 Å². The molecule has 0 aromatic heterocycles. The minimum absolute atomic E-state index is 0.0593. The smallest absolute Gasteiger partial charge is 0.330 e. The van der Waals surface area contributed by atoms with Crippen LogP contribution in [-0.4, -0.2) is 139 Å². The molecule has 0 aliphatic carbocycles. The van der Waals surface area contributed by atoms with Crippen LogP contribution in [0.15, 0.2) is 12.7 Å². The minimum Gasteiger partial charge on any atom is -0.459 e. The van der Waals surface area contributed by atoms with Gasteiger partial charge in [0.1, 0.15) is 29.2 Å². The summed E-state index contributed by atoms with van der Waals surface area (Å²) in [5.74, 6) is -4.64. The first-order chi connectivity index (χ1) is 26.0. The number of hydrogen-bond donors (Lipinski definition) is 4. The molecule has 3 aliphatic heterocycles. The van der Waals surface area contributed by atoms with Crippen molar-refractivity contribution in [3.05, 3.63) is 12.7 Å². The van der Waals surface area contributed by atoms with Gasteiger partial charge in [0.15, 0.2) is 18.7 Å². The first kappa shape index (κ1) is 48.3. The van der Waals surface area contributed by atoms with Crippen LogP contribution >= 0.6 is 0 Å². The van der Waals surface area contributed by atoms with Crippen molar-refractivity contribution in [1.82, 2.24) is 5.32 Å². The quantitative estimate of drug-likeness (QED) is 0.186. The highest BCUT2D eigenvalue weighted by Crippen LogP contribution is 2.42. The van der Waals surface area contributed by atoms with Gasteiger partial charge in [-0.3, -0.25) is 9.59 Å². The van der Waals surface area contributed by atoms with Gasteiger partial charge in [0, 0.05) is 51.0 Å². The van der Waals surface area contributed by atoms with Crippen LogP contribution < -0.4 is 5.32 Å². The maximum Gasteiger partial charge on any atom is 0.330 e. The molecule has 0 spiro atoms. The highest BCUT2D eigenvalue weighted by molar-refractivity contribution is 5.81. The summed E-state index contributed by atoms with van der Waals surface area (Å²) in [6.45, 7) is 20.7. The molecule has 0 bridgehead atoms. The van der Waals surface area contributed by atoms with Crippen molar-refractivity contribution < 1.29 is 67.6 Å². The SMILES string of the molecule is C=CC(=O)OC1[C@H](C)O[C@@H](O[C@H]2[C@H](C)[C@@H](O[C@@H]3O[C@H](C)C[C@H](NC)[C@H]3O)[C@](C)(OC)C[C@@H](C)C(=O)C[C@H](C)[C@@H](O)[C@](C)(O)[C@@H](CC)OC(=O)[C@@H]2C)C[C@@]1(C)OC. The number of likely N-dealkylation sites (N-methyl/N-ethyl adjacent to an activating group) is 1. The largest absolute Gasteiger partial charge is 0.459 e. The fourth-order valence-corrected chi connectivity index (χ4v) is 8.87. The number of carbonyl (C=O) groups is 3. The highest BCUT2D eigenvalue weighted by atomic mass is 16.7. The van der Waals surface area contributed by atoms with Crippen LogP contribution in [0, 0.1) is 23.7 Å². The molecule has 0 aromatic rings. The van der Waals surface area contributed by atoms with Gasteiger partial charge in [-0.1, -0.05) is 34.3 Å². The molecule has 4 N–H and O–H groups in total. The Kier molecular flexibility index (Phi) is 17.1. The van der Waals surface area contributed by atoms with Gasteiger partial charge >= 0.3 is 11.9 Å². The topological polar surface area (TPSA) is 198 Å². The summed E-state index contributed by atoms with van der Waals surface area (Å²) in [5, 5.41) is 37.7. The van der Waals surface area contributed by atoms with Crippen molar-refractivity contribution in [2.75, 3.05) is 21.3 Å². The Bertz CT molecular complexity index is 1330. The summed E-state index contributed by atoms with van der Waals surface area (Å²) < 4.78 is 50.0. The Hall–Kier alpha value is -2.05. The van der Waals surface area contributed by atoms with E-state index in [0.29, 0.717) is 6.42 Å². The van der Waals surface area contributed by atoms with Gasteiger partial charge in [0.25, 0.3) is 0 Å². The maximum atomic E-state index is 14.3. The lowest BCUT2D eigenvalue weighted by Crippen LogP contribution is -2.61. The average molecular weight is 802 g/mol. The van der Waals surface area contributed by atoms with Gasteiger partial charge in [-0.25, -0.2) is 4.79 Å². The average Bonchev–Trinajstić information content (AvgIpc) is 3.15. The molecule has 3 saturated heterocycles. The van der Waals surface area contributed by atoms with Crippen molar-refractivity contribution in [3.8, 4) is 0 Å². The number of ketones is 1. The number of aliphatic hydroxyl groups is 3. The number of methoxy groups -OCH3 is 2. The number of Topliss-reactive ketones (excluding diaryl/α,β-unsaturated/α-hetero) is 1. The molecular weight excluding hydrogens is 730 g/mol. The number of hydrogen-bond acceptors (Lipinski definition) is 15. The lowest BCUT2D eigenvalue weighted by molar-refractivity contribution is -0.317. The molecule has 3 aliphatic rings. The number of cyclic esters (lactones) is 1. The Labute approximate surface area is 333 Å². The van der Waals surface area contributed by atoms with Crippen LogP contribution in [0.4, 0.5) is 0 Å². The number of rotatable bonds is 10. The third-order valence-electron chi connectivity index (χ3n) is 12.6. The Morgan fingerprint density at radius 1 is 0.964 bits per heavy atom. The molecule has 324 valence electrons. The summed E-state index contributed by atoms with van der Waals surface area (Å²) in [6.07, 6.45) is -7.75. The molecule has 0 radical (unpaired) electrons. The summed E-state index contributed by atoms with van der Waals surface area (Å²) in [6, 6.07) is -0.352. The van der Waals surface area contributed by atoms with Crippen LogP contribution in [0.3, 0.4) is 0 Å². The number of esters is 2. The lowest BCUT2D eigenvalue weighted by Gasteiger charge is -2.49. The molecule has 15 nitrogen and oxygen atoms in total. The van der Waals surface area contributed by atoms with E-state index in [4.69, 9.17) is 37.9 Å². The molecule has 1 unspecified atom stereocenters. The molecule has 18 atom stereocenters. The molecule has 56 heavy (non-hydrogen) atoms. The van der Waals surface area contributed by atoms with Crippen molar-refractivity contribution in [2.24, 2.45) is 23.7 Å². The second kappa shape index (κ2) is 19.8. The number of aliphatic hydroxyl groups excluding tert-OH is 2. The zero-order valence-corrected chi connectivity index (χ0v) is 35.8. The van der Waals surface area contributed by atoms with E-state index in [2.05, 4.69) is 11.9 Å². The van der Waals surface area contributed by atoms with E-state index in [1.807, 2.05) is 13.8 Å². The number of carbonyl (C=O) groups excluding carboxylic acids is 3. The van der Waals surface area contributed by atoms with Crippen LogP contribution in [0.2, 0.25) is 0 Å². The van der Waals surface area contributed by atoms with E-state index in [9.17, 15) is 29.7 Å². The van der Waals surface area contributed by atoms with Gasteiger partial charge in [0.2, 0.25) is 0 Å². The number of ether oxygens (including phenoxy) is 8. The van der Waals surface area contributed by atoms with Crippen molar-refractivity contribution in [3.63, 3.8) is 0 Å². The van der Waals surface area contributed by atoms with Crippen LogP contribution in [0.5, 0.6) is 0 Å². The predicted molar refractivity (Wildman–Crippen MR) is 205 cm³/mol. The van der Waals surface area contributed by atoms with Crippen LogP contribution in [0.1, 0.15) is 101 Å². The molecule has 3 fully saturated rings. The summed E-state index contributed by atoms with van der Waals surface area (Å²) in [7, 11) is 4.75. The van der Waals surface area contributed by atoms with E-state index < -0.39 is 108 Å².